The maximum Gasteiger partial charge on any atom is 0.0872 e. The SMILES string of the molecule is CCCCCCC1CCC(c2ccc(C=CF)cc2)CC1. The van der Waals surface area contributed by atoms with Gasteiger partial charge < -0.3 is 0 Å². The third kappa shape index (κ3) is 5.30. The van der Waals surface area contributed by atoms with E-state index in [0.29, 0.717) is 6.33 Å². The number of rotatable bonds is 7. The number of hydrogen-bond acceptors (Lipinski definition) is 0. The standard InChI is InChI=1S/C20H29F/c1-2-3-4-5-6-17-7-11-19(12-8-17)20-13-9-18(10-14-20)15-16-21/h9-10,13-17,19H,2-8,11-12H2,1H3. The molecule has 21 heavy (non-hydrogen) atoms. The molecule has 2 rings (SSSR count). The highest BCUT2D eigenvalue weighted by molar-refractivity contribution is 5.48. The van der Waals surface area contributed by atoms with Crippen LogP contribution in [0.25, 0.3) is 6.08 Å². The summed E-state index contributed by atoms with van der Waals surface area (Å²) in [5.41, 5.74) is 2.39. The molecule has 0 N–H and O–H groups in total. The van der Waals surface area contributed by atoms with E-state index in [9.17, 15) is 4.39 Å². The van der Waals surface area contributed by atoms with Gasteiger partial charge in [-0.3, -0.25) is 0 Å². The molecule has 0 amide bonds. The summed E-state index contributed by atoms with van der Waals surface area (Å²) in [5.74, 6) is 1.69. The summed E-state index contributed by atoms with van der Waals surface area (Å²) in [5, 5.41) is 0. The van der Waals surface area contributed by atoms with Crippen molar-refractivity contribution in [2.24, 2.45) is 5.92 Å². The second-order valence-corrected chi connectivity index (χ2v) is 6.53. The molecule has 0 aliphatic heterocycles. The van der Waals surface area contributed by atoms with Crippen molar-refractivity contribution in [3.05, 3.63) is 41.7 Å². The van der Waals surface area contributed by atoms with Crippen molar-refractivity contribution < 1.29 is 4.39 Å². The monoisotopic (exact) mass is 288 g/mol. The lowest BCUT2D eigenvalue weighted by Crippen LogP contribution is -2.13. The van der Waals surface area contributed by atoms with E-state index in [2.05, 4.69) is 19.1 Å². The van der Waals surface area contributed by atoms with Gasteiger partial charge in [0, 0.05) is 0 Å². The van der Waals surface area contributed by atoms with Crippen LogP contribution in [0.5, 0.6) is 0 Å². The summed E-state index contributed by atoms with van der Waals surface area (Å²) < 4.78 is 12.1. The molecule has 1 saturated carbocycles. The highest BCUT2D eigenvalue weighted by Gasteiger charge is 2.21. The molecule has 0 nitrogen and oxygen atoms in total. The molecule has 0 radical (unpaired) electrons. The first-order chi connectivity index (χ1) is 10.3. The third-order valence-corrected chi connectivity index (χ3v) is 4.98. The van der Waals surface area contributed by atoms with E-state index in [1.165, 1.54) is 69.4 Å². The minimum atomic E-state index is 0.610. The van der Waals surface area contributed by atoms with Crippen molar-refractivity contribution in [2.45, 2.75) is 70.6 Å². The number of unbranched alkanes of at least 4 members (excludes halogenated alkanes) is 3. The van der Waals surface area contributed by atoms with E-state index in [1.807, 2.05) is 12.1 Å². The summed E-state index contributed by atoms with van der Waals surface area (Å²) in [6.07, 6.45) is 14.6. The molecular weight excluding hydrogens is 259 g/mol. The summed E-state index contributed by atoms with van der Waals surface area (Å²) in [7, 11) is 0. The van der Waals surface area contributed by atoms with Gasteiger partial charge in [-0.25, -0.2) is 4.39 Å². The lowest BCUT2D eigenvalue weighted by molar-refractivity contribution is 0.302. The topological polar surface area (TPSA) is 0 Å². The first-order valence-corrected chi connectivity index (χ1v) is 8.70. The molecule has 1 aliphatic rings. The summed E-state index contributed by atoms with van der Waals surface area (Å²) in [4.78, 5) is 0. The average molecular weight is 288 g/mol. The van der Waals surface area contributed by atoms with Gasteiger partial charge in [-0.15, -0.1) is 0 Å². The molecule has 1 aromatic rings. The van der Waals surface area contributed by atoms with Crippen LogP contribution in [-0.4, -0.2) is 0 Å². The molecule has 1 aliphatic carbocycles. The van der Waals surface area contributed by atoms with Gasteiger partial charge in [0.15, 0.2) is 0 Å². The maximum atomic E-state index is 12.1. The Morgan fingerprint density at radius 3 is 2.33 bits per heavy atom. The Bertz CT molecular complexity index is 410. The van der Waals surface area contributed by atoms with Gasteiger partial charge in [-0.05, 0) is 54.7 Å². The van der Waals surface area contributed by atoms with Gasteiger partial charge in [0.2, 0.25) is 0 Å². The van der Waals surface area contributed by atoms with Crippen LogP contribution in [0.1, 0.15) is 81.8 Å². The van der Waals surface area contributed by atoms with Crippen LogP contribution in [0.2, 0.25) is 0 Å². The molecule has 0 aromatic heterocycles. The van der Waals surface area contributed by atoms with Crippen LogP contribution in [0.4, 0.5) is 4.39 Å². The molecule has 0 spiro atoms. The van der Waals surface area contributed by atoms with Gasteiger partial charge in [0.1, 0.15) is 0 Å². The minimum Gasteiger partial charge on any atom is -0.216 e. The van der Waals surface area contributed by atoms with Gasteiger partial charge in [-0.2, -0.15) is 0 Å². The predicted molar refractivity (Wildman–Crippen MR) is 90.0 cm³/mol. The predicted octanol–water partition coefficient (Wildman–Crippen LogP) is 6.87. The maximum absolute atomic E-state index is 12.1. The lowest BCUT2D eigenvalue weighted by Gasteiger charge is -2.29. The van der Waals surface area contributed by atoms with Gasteiger partial charge in [-0.1, -0.05) is 63.3 Å². The third-order valence-electron chi connectivity index (χ3n) is 4.98. The Morgan fingerprint density at radius 1 is 1.00 bits per heavy atom. The number of benzene rings is 1. The van der Waals surface area contributed by atoms with Crippen molar-refractivity contribution in [1.82, 2.24) is 0 Å². The van der Waals surface area contributed by atoms with Gasteiger partial charge >= 0.3 is 0 Å². The van der Waals surface area contributed by atoms with E-state index in [1.54, 1.807) is 0 Å². The molecule has 0 saturated heterocycles. The quantitative estimate of drug-likeness (QED) is 0.480. The molecule has 1 fully saturated rings. The summed E-state index contributed by atoms with van der Waals surface area (Å²) in [6, 6.07) is 8.42. The van der Waals surface area contributed by atoms with Crippen LogP contribution in [0, 0.1) is 5.92 Å². The number of hydrogen-bond donors (Lipinski definition) is 0. The second-order valence-electron chi connectivity index (χ2n) is 6.53. The van der Waals surface area contributed by atoms with E-state index in [0.717, 1.165) is 17.4 Å². The van der Waals surface area contributed by atoms with Crippen LogP contribution >= 0.6 is 0 Å². The Labute approximate surface area is 129 Å². The smallest absolute Gasteiger partial charge is 0.0872 e. The molecule has 1 aromatic carbocycles. The highest BCUT2D eigenvalue weighted by Crippen LogP contribution is 2.37. The molecule has 0 atom stereocenters. The molecule has 116 valence electrons. The molecular formula is C20H29F. The first kappa shape index (κ1) is 16.3. The zero-order valence-electron chi connectivity index (χ0n) is 13.4. The fourth-order valence-electron chi connectivity index (χ4n) is 3.60. The summed E-state index contributed by atoms with van der Waals surface area (Å²) >= 11 is 0. The average Bonchev–Trinajstić information content (AvgIpc) is 2.53. The molecule has 0 bridgehead atoms. The van der Waals surface area contributed by atoms with Crippen LogP contribution < -0.4 is 0 Å². The molecule has 1 heteroatoms. The van der Waals surface area contributed by atoms with Gasteiger partial charge in [0.05, 0.1) is 6.33 Å². The van der Waals surface area contributed by atoms with Gasteiger partial charge in [0.25, 0.3) is 0 Å². The Hall–Kier alpha value is -1.11. The first-order valence-electron chi connectivity index (χ1n) is 8.70. The Morgan fingerprint density at radius 2 is 1.71 bits per heavy atom. The lowest BCUT2D eigenvalue weighted by atomic mass is 9.77. The van der Waals surface area contributed by atoms with Crippen LogP contribution in [0.15, 0.2) is 30.6 Å². The van der Waals surface area contributed by atoms with Crippen LogP contribution in [0.3, 0.4) is 0 Å². The fraction of sp³-hybridized carbons (Fsp3) is 0.600. The normalized spacial score (nSPS) is 22.8. The van der Waals surface area contributed by atoms with Crippen molar-refractivity contribution in [3.8, 4) is 0 Å². The zero-order valence-corrected chi connectivity index (χ0v) is 13.4. The number of halogens is 1. The molecule has 0 unspecified atom stereocenters. The van der Waals surface area contributed by atoms with Crippen molar-refractivity contribution in [3.63, 3.8) is 0 Å². The Kier molecular flexibility index (Phi) is 6.99. The zero-order chi connectivity index (χ0) is 14.9. The summed E-state index contributed by atoms with van der Waals surface area (Å²) in [6.45, 7) is 2.28. The van der Waals surface area contributed by atoms with Crippen LogP contribution in [-0.2, 0) is 0 Å². The Balaban J connectivity index is 1.75. The van der Waals surface area contributed by atoms with Crippen molar-refractivity contribution in [1.29, 1.82) is 0 Å². The van der Waals surface area contributed by atoms with E-state index >= 15 is 0 Å². The largest absolute Gasteiger partial charge is 0.216 e. The van der Waals surface area contributed by atoms with E-state index < -0.39 is 0 Å². The van der Waals surface area contributed by atoms with Crippen molar-refractivity contribution >= 4 is 6.08 Å². The van der Waals surface area contributed by atoms with E-state index in [-0.39, 0.29) is 0 Å². The minimum absolute atomic E-state index is 0.610. The fourth-order valence-corrected chi connectivity index (χ4v) is 3.60. The van der Waals surface area contributed by atoms with E-state index in [4.69, 9.17) is 0 Å². The second kappa shape index (κ2) is 9.02. The molecule has 0 heterocycles. The van der Waals surface area contributed by atoms with Crippen molar-refractivity contribution in [2.75, 3.05) is 0 Å². The highest BCUT2D eigenvalue weighted by atomic mass is 19.1.